The van der Waals surface area contributed by atoms with E-state index in [-0.39, 0.29) is 5.84 Å². The summed E-state index contributed by atoms with van der Waals surface area (Å²) in [4.78, 5) is 0. The molecule has 0 bridgehead atoms. The molecular weight excluding hydrogens is 276 g/mol. The molecule has 20 heavy (non-hydrogen) atoms. The Bertz CT molecular complexity index is 669. The van der Waals surface area contributed by atoms with Crippen molar-refractivity contribution in [3.8, 4) is 11.5 Å². The number of hydrogen-bond donors (Lipinski definition) is 2. The molecule has 3 N–H and O–H groups in total. The number of rotatable bonds is 3. The van der Waals surface area contributed by atoms with E-state index in [1.54, 1.807) is 18.2 Å². The molecule has 0 saturated heterocycles. The number of nitrogens with zero attached hydrogens (tertiary/aromatic N) is 1. The van der Waals surface area contributed by atoms with Gasteiger partial charge in [-0.25, -0.2) is 0 Å². The molecule has 4 nitrogen and oxygen atoms in total. The second-order valence-electron chi connectivity index (χ2n) is 4.47. The normalized spacial score (nSPS) is 11.4. The van der Waals surface area contributed by atoms with Crippen molar-refractivity contribution in [2.24, 2.45) is 10.9 Å². The number of benzene rings is 2. The van der Waals surface area contributed by atoms with Crippen LogP contribution < -0.4 is 10.5 Å². The van der Waals surface area contributed by atoms with Crippen LogP contribution in [-0.4, -0.2) is 11.0 Å². The SMILES string of the molecule is Cc1ccc(C)c(Oc2cccc(Cl)c2C(N)=NO)c1. The number of aryl methyl sites for hydroxylation is 2. The summed E-state index contributed by atoms with van der Waals surface area (Å²) in [6.07, 6.45) is 0. The van der Waals surface area contributed by atoms with Gasteiger partial charge in [-0.3, -0.25) is 0 Å². The molecule has 104 valence electrons. The van der Waals surface area contributed by atoms with Crippen molar-refractivity contribution in [1.29, 1.82) is 0 Å². The average Bonchev–Trinajstić information content (AvgIpc) is 2.42. The number of ether oxygens (including phenoxy) is 1. The van der Waals surface area contributed by atoms with Crippen molar-refractivity contribution in [1.82, 2.24) is 0 Å². The number of amidine groups is 1. The third-order valence-corrected chi connectivity index (χ3v) is 3.22. The van der Waals surface area contributed by atoms with Crippen molar-refractivity contribution in [3.05, 3.63) is 58.1 Å². The Labute approximate surface area is 122 Å². The van der Waals surface area contributed by atoms with Gasteiger partial charge in [-0.2, -0.15) is 0 Å². The minimum absolute atomic E-state index is 0.0871. The van der Waals surface area contributed by atoms with Crippen LogP contribution in [-0.2, 0) is 0 Å². The van der Waals surface area contributed by atoms with Crippen molar-refractivity contribution in [2.75, 3.05) is 0 Å². The van der Waals surface area contributed by atoms with Gasteiger partial charge in [0.2, 0.25) is 0 Å². The van der Waals surface area contributed by atoms with Gasteiger partial charge in [0, 0.05) is 0 Å². The molecule has 5 heteroatoms. The van der Waals surface area contributed by atoms with E-state index in [1.165, 1.54) is 0 Å². The predicted molar refractivity (Wildman–Crippen MR) is 80.0 cm³/mol. The Morgan fingerprint density at radius 3 is 2.65 bits per heavy atom. The van der Waals surface area contributed by atoms with Gasteiger partial charge in [0.25, 0.3) is 0 Å². The lowest BCUT2D eigenvalue weighted by Gasteiger charge is -2.13. The summed E-state index contributed by atoms with van der Waals surface area (Å²) in [5, 5.41) is 12.2. The Balaban J connectivity index is 2.49. The summed E-state index contributed by atoms with van der Waals surface area (Å²) in [7, 11) is 0. The molecule has 0 radical (unpaired) electrons. The monoisotopic (exact) mass is 290 g/mol. The van der Waals surface area contributed by atoms with Gasteiger partial charge in [-0.15, -0.1) is 0 Å². The molecular formula is C15H15ClN2O2. The number of halogens is 1. The van der Waals surface area contributed by atoms with E-state index < -0.39 is 0 Å². The summed E-state index contributed by atoms with van der Waals surface area (Å²) >= 11 is 6.09. The van der Waals surface area contributed by atoms with E-state index in [9.17, 15) is 0 Å². The maximum atomic E-state index is 8.85. The second-order valence-corrected chi connectivity index (χ2v) is 4.88. The van der Waals surface area contributed by atoms with E-state index >= 15 is 0 Å². The van der Waals surface area contributed by atoms with Crippen LogP contribution in [0.1, 0.15) is 16.7 Å². The molecule has 0 spiro atoms. The second kappa shape index (κ2) is 5.84. The summed E-state index contributed by atoms with van der Waals surface area (Å²) in [5.41, 5.74) is 8.09. The molecule has 0 atom stereocenters. The molecule has 0 aliphatic heterocycles. The van der Waals surface area contributed by atoms with Crippen molar-refractivity contribution in [3.63, 3.8) is 0 Å². The van der Waals surface area contributed by atoms with Crippen LogP contribution in [0.15, 0.2) is 41.6 Å². The van der Waals surface area contributed by atoms with Crippen LogP contribution in [0.4, 0.5) is 0 Å². The number of hydrogen-bond acceptors (Lipinski definition) is 3. The fourth-order valence-corrected chi connectivity index (χ4v) is 2.09. The zero-order chi connectivity index (χ0) is 14.7. The predicted octanol–water partition coefficient (Wildman–Crippen LogP) is 3.84. The summed E-state index contributed by atoms with van der Waals surface area (Å²) in [6, 6.07) is 11.0. The Kier molecular flexibility index (Phi) is 4.15. The fraction of sp³-hybridized carbons (Fsp3) is 0.133. The van der Waals surface area contributed by atoms with Gasteiger partial charge in [0.1, 0.15) is 11.5 Å². The van der Waals surface area contributed by atoms with E-state index in [0.29, 0.717) is 22.1 Å². The lowest BCUT2D eigenvalue weighted by Crippen LogP contribution is -2.15. The quantitative estimate of drug-likeness (QED) is 0.390. The highest BCUT2D eigenvalue weighted by atomic mass is 35.5. The van der Waals surface area contributed by atoms with Crippen LogP contribution in [0.2, 0.25) is 5.02 Å². The minimum atomic E-state index is -0.0871. The van der Waals surface area contributed by atoms with Crippen LogP contribution in [0, 0.1) is 13.8 Å². The van der Waals surface area contributed by atoms with Crippen molar-refractivity contribution >= 4 is 17.4 Å². The molecule has 0 aliphatic carbocycles. The topological polar surface area (TPSA) is 67.8 Å². The maximum Gasteiger partial charge on any atom is 0.175 e. The summed E-state index contributed by atoms with van der Waals surface area (Å²) in [5.74, 6) is 1.07. The fourth-order valence-electron chi connectivity index (χ4n) is 1.82. The maximum absolute atomic E-state index is 8.85. The largest absolute Gasteiger partial charge is 0.456 e. The van der Waals surface area contributed by atoms with E-state index in [1.807, 2.05) is 32.0 Å². The molecule has 2 aromatic rings. The molecule has 0 aliphatic rings. The highest BCUT2D eigenvalue weighted by Gasteiger charge is 2.14. The Hall–Kier alpha value is -2.20. The number of oxime groups is 1. The molecule has 0 unspecified atom stereocenters. The molecule has 0 amide bonds. The van der Waals surface area contributed by atoms with E-state index in [2.05, 4.69) is 5.16 Å². The van der Waals surface area contributed by atoms with E-state index in [0.717, 1.165) is 11.1 Å². The van der Waals surface area contributed by atoms with Crippen LogP contribution >= 0.6 is 11.6 Å². The molecule has 0 saturated carbocycles. The Morgan fingerprint density at radius 1 is 1.20 bits per heavy atom. The molecule has 0 fully saturated rings. The zero-order valence-corrected chi connectivity index (χ0v) is 12.0. The van der Waals surface area contributed by atoms with Crippen molar-refractivity contribution in [2.45, 2.75) is 13.8 Å². The van der Waals surface area contributed by atoms with Gasteiger partial charge >= 0.3 is 0 Å². The van der Waals surface area contributed by atoms with Crippen LogP contribution in [0.5, 0.6) is 11.5 Å². The first-order valence-electron chi connectivity index (χ1n) is 6.04. The van der Waals surface area contributed by atoms with Gasteiger partial charge in [-0.05, 0) is 43.2 Å². The van der Waals surface area contributed by atoms with Gasteiger partial charge in [-0.1, -0.05) is 35.0 Å². The average molecular weight is 291 g/mol. The molecule has 2 aromatic carbocycles. The molecule has 2 rings (SSSR count). The standard InChI is InChI=1S/C15H15ClN2O2/c1-9-6-7-10(2)13(8-9)20-12-5-3-4-11(16)14(12)15(17)18-19/h3-8,19H,1-2H3,(H2,17,18). The van der Waals surface area contributed by atoms with Gasteiger partial charge in [0.15, 0.2) is 5.84 Å². The highest BCUT2D eigenvalue weighted by Crippen LogP contribution is 2.32. The lowest BCUT2D eigenvalue weighted by atomic mass is 10.1. The first-order chi connectivity index (χ1) is 9.52. The summed E-state index contributed by atoms with van der Waals surface area (Å²) < 4.78 is 5.87. The molecule has 0 heterocycles. The van der Waals surface area contributed by atoms with Gasteiger partial charge in [0.05, 0.1) is 10.6 Å². The minimum Gasteiger partial charge on any atom is -0.456 e. The van der Waals surface area contributed by atoms with Crippen LogP contribution in [0.25, 0.3) is 0 Å². The smallest absolute Gasteiger partial charge is 0.175 e. The highest BCUT2D eigenvalue weighted by molar-refractivity contribution is 6.34. The number of nitrogens with two attached hydrogens (primary N) is 1. The summed E-state index contributed by atoms with van der Waals surface area (Å²) in [6.45, 7) is 3.93. The third-order valence-electron chi connectivity index (χ3n) is 2.90. The lowest BCUT2D eigenvalue weighted by molar-refractivity contribution is 0.318. The van der Waals surface area contributed by atoms with E-state index in [4.69, 9.17) is 27.3 Å². The zero-order valence-electron chi connectivity index (χ0n) is 11.2. The molecule has 0 aromatic heterocycles. The first kappa shape index (κ1) is 14.2. The van der Waals surface area contributed by atoms with Crippen LogP contribution in [0.3, 0.4) is 0 Å². The van der Waals surface area contributed by atoms with Gasteiger partial charge < -0.3 is 15.7 Å². The van der Waals surface area contributed by atoms with Crippen molar-refractivity contribution < 1.29 is 9.94 Å². The third kappa shape index (κ3) is 2.86. The Morgan fingerprint density at radius 2 is 1.95 bits per heavy atom. The first-order valence-corrected chi connectivity index (χ1v) is 6.42.